The number of nitrogens with zero attached hydrogens (tertiary/aromatic N) is 3. The van der Waals surface area contributed by atoms with Gasteiger partial charge in [-0.25, -0.2) is 4.98 Å². The molecular weight excluding hydrogens is 489 g/mol. The van der Waals surface area contributed by atoms with Crippen LogP contribution < -0.4 is 10.8 Å². The molecule has 2 saturated heterocycles. The fraction of sp³-hybridized carbons (Fsp3) is 0.450. The summed E-state index contributed by atoms with van der Waals surface area (Å²) in [5.74, 6) is -0.729. The fourth-order valence-electron chi connectivity index (χ4n) is 3.48. The number of likely N-dealkylation sites (N-methyl/N-ethyl adjacent to an activating group) is 1. The zero-order valence-corrected chi connectivity index (χ0v) is 20.0. The Morgan fingerprint density at radius 3 is 2.74 bits per heavy atom. The number of piperazine rings is 1. The third kappa shape index (κ3) is 5.72. The van der Waals surface area contributed by atoms with Crippen LogP contribution in [0.15, 0.2) is 35.4 Å². The predicted octanol–water partition coefficient (Wildman–Crippen LogP) is 2.07. The monoisotopic (exact) mass is 515 g/mol. The van der Waals surface area contributed by atoms with Crippen LogP contribution in [0.2, 0.25) is 0 Å². The van der Waals surface area contributed by atoms with Crippen LogP contribution >= 0.6 is 22.1 Å². The smallest absolute Gasteiger partial charge is 0.250 e. The Balaban J connectivity index is 1.50. The summed E-state index contributed by atoms with van der Waals surface area (Å²) < 4.78 is 41.6. The van der Waals surface area contributed by atoms with E-state index in [1.165, 1.54) is 21.3 Å². The molecule has 14 heteroatoms. The normalized spacial score (nSPS) is 21.0. The highest BCUT2D eigenvalue weighted by Crippen LogP contribution is 2.51. The van der Waals surface area contributed by atoms with Crippen molar-refractivity contribution in [3.05, 3.63) is 41.2 Å². The number of nitrogens with one attached hydrogen (secondary N) is 2. The molecule has 0 aliphatic carbocycles. The van der Waals surface area contributed by atoms with E-state index in [9.17, 15) is 23.1 Å². The lowest BCUT2D eigenvalue weighted by atomic mass is 10.1. The Labute approximate surface area is 201 Å². The quantitative estimate of drug-likeness (QED) is 0.390. The summed E-state index contributed by atoms with van der Waals surface area (Å²) in [6.07, 6.45) is 1.45. The molecule has 0 spiro atoms. The second-order valence-electron chi connectivity index (χ2n) is 7.88. The van der Waals surface area contributed by atoms with E-state index in [1.807, 2.05) is 0 Å². The Kier molecular flexibility index (Phi) is 7.79. The number of hydrogen-bond acceptors (Lipinski definition) is 10. The molecule has 1 unspecified atom stereocenters. The highest BCUT2D eigenvalue weighted by molar-refractivity contribution is 8.22. The molecule has 3 heterocycles. The number of hydrogen-bond donors (Lipinski definition) is 4. The van der Waals surface area contributed by atoms with Crippen LogP contribution in [0, 0.1) is 5.13 Å². The van der Waals surface area contributed by atoms with E-state index in [0.29, 0.717) is 49.6 Å². The van der Waals surface area contributed by atoms with E-state index >= 15 is 0 Å². The van der Waals surface area contributed by atoms with Crippen LogP contribution in [0.3, 0.4) is 0 Å². The Bertz CT molecular complexity index is 1020. The van der Waals surface area contributed by atoms with Crippen LogP contribution in [0.25, 0.3) is 0 Å². The largest absolute Gasteiger partial charge is 0.379 e. The molecule has 4 rings (SSSR count). The molecule has 4 N–H and O–H groups in total. The van der Waals surface area contributed by atoms with Crippen LogP contribution in [0.1, 0.15) is 18.0 Å². The van der Waals surface area contributed by atoms with Crippen molar-refractivity contribution < 1.29 is 32.7 Å². The second kappa shape index (κ2) is 10.6. The number of amides is 2. The van der Waals surface area contributed by atoms with Gasteiger partial charge in [-0.15, -0.1) is 10.8 Å². The minimum atomic E-state index is -3.39. The predicted molar refractivity (Wildman–Crippen MR) is 124 cm³/mol. The molecule has 186 valence electrons. The summed E-state index contributed by atoms with van der Waals surface area (Å²) in [7, 11) is -1.72. The van der Waals surface area contributed by atoms with E-state index in [-0.39, 0.29) is 28.6 Å². The highest BCUT2D eigenvalue weighted by Gasteiger charge is 2.32. The summed E-state index contributed by atoms with van der Waals surface area (Å²) >= 11 is 0.696. The first-order valence-electron chi connectivity index (χ1n) is 10.5. The maximum Gasteiger partial charge on any atom is 0.250 e. The first-order valence-corrected chi connectivity index (χ1v) is 12.8. The van der Waals surface area contributed by atoms with Gasteiger partial charge in [-0.2, -0.15) is 14.2 Å². The molecule has 0 radical (unpaired) electrons. The third-order valence-electron chi connectivity index (χ3n) is 5.52. The first-order chi connectivity index (χ1) is 16.2. The summed E-state index contributed by atoms with van der Waals surface area (Å²) in [6, 6.07) is 5.13. The fourth-order valence-corrected chi connectivity index (χ4v) is 5.45. The number of aromatic nitrogens is 1. The molecule has 34 heavy (non-hydrogen) atoms. The number of anilines is 1. The van der Waals surface area contributed by atoms with E-state index < -0.39 is 27.9 Å². The molecule has 2 amide bonds. The van der Waals surface area contributed by atoms with Gasteiger partial charge in [0.2, 0.25) is 11.8 Å². The van der Waals surface area contributed by atoms with E-state index in [1.54, 1.807) is 19.2 Å². The van der Waals surface area contributed by atoms with Gasteiger partial charge in [-0.05, 0) is 17.7 Å². The molecule has 1 aromatic carbocycles. The molecule has 0 saturated carbocycles. The van der Waals surface area contributed by atoms with Crippen LogP contribution in [0.4, 0.5) is 9.52 Å². The van der Waals surface area contributed by atoms with Gasteiger partial charge < -0.3 is 15.0 Å². The average Bonchev–Trinajstić information content (AvgIpc) is 3.48. The number of rotatable bonds is 8. The van der Waals surface area contributed by atoms with E-state index in [2.05, 4.69) is 15.8 Å². The SMILES string of the molecule is CN1CCN(S(O)(O)c2ccc(C(NO[C@@H]3CCOC3)C(=O)Nc3ncc(F)s3)cc2)CC1=O. The average molecular weight is 516 g/mol. The lowest BCUT2D eigenvalue weighted by Crippen LogP contribution is -2.49. The second-order valence-corrected chi connectivity index (χ2v) is 10.9. The first kappa shape index (κ1) is 24.9. The summed E-state index contributed by atoms with van der Waals surface area (Å²) in [5.41, 5.74) is 3.22. The third-order valence-corrected chi connectivity index (χ3v) is 8.16. The maximum absolute atomic E-state index is 13.3. The van der Waals surface area contributed by atoms with Gasteiger partial charge in [0, 0.05) is 33.2 Å². The summed E-state index contributed by atoms with van der Waals surface area (Å²) in [5, 5.41) is 2.12. The molecule has 2 aromatic rings. The standard InChI is InChI=1S/C20H26FN5O6S2/c1-25-7-8-26(11-17(25)27)34(29,30)15-4-2-13(3-5-15)18(24-32-14-6-9-31-12-14)19(28)23-20-22-10-16(21)33-20/h2-5,10,14,18,24,29-30H,6-9,11-12H2,1H3,(H,22,23,28)/t14-,18?/m1/s1. The number of ether oxygens (including phenoxy) is 1. The Morgan fingerprint density at radius 1 is 1.35 bits per heavy atom. The van der Waals surface area contributed by atoms with Crippen LogP contribution in [-0.4, -0.2) is 81.1 Å². The highest BCUT2D eigenvalue weighted by atomic mass is 32.3. The number of halogens is 1. The van der Waals surface area contributed by atoms with Gasteiger partial charge in [0.15, 0.2) is 10.3 Å². The molecule has 0 bridgehead atoms. The van der Waals surface area contributed by atoms with Crippen molar-refractivity contribution >= 4 is 39.1 Å². The van der Waals surface area contributed by atoms with Crippen molar-refractivity contribution in [2.75, 3.05) is 45.2 Å². The molecule has 2 aliphatic rings. The van der Waals surface area contributed by atoms with Crippen molar-refractivity contribution in [2.45, 2.75) is 23.5 Å². The molecule has 1 aromatic heterocycles. The van der Waals surface area contributed by atoms with Gasteiger partial charge in [-0.1, -0.05) is 23.5 Å². The van der Waals surface area contributed by atoms with Crippen LogP contribution in [-0.2, 0) is 19.2 Å². The Morgan fingerprint density at radius 2 is 2.12 bits per heavy atom. The van der Waals surface area contributed by atoms with Crippen LogP contribution in [0.5, 0.6) is 0 Å². The lowest BCUT2D eigenvalue weighted by Gasteiger charge is -2.45. The minimum absolute atomic E-state index is 0.101. The maximum atomic E-state index is 13.3. The lowest BCUT2D eigenvalue weighted by molar-refractivity contribution is -0.132. The zero-order chi connectivity index (χ0) is 24.3. The Hall–Kier alpha value is -2.17. The van der Waals surface area contributed by atoms with E-state index in [0.717, 1.165) is 6.20 Å². The minimum Gasteiger partial charge on any atom is -0.379 e. The number of carbonyl (C=O) groups excluding carboxylic acids is 2. The molecule has 11 nitrogen and oxygen atoms in total. The van der Waals surface area contributed by atoms with Crippen molar-refractivity contribution in [1.29, 1.82) is 0 Å². The van der Waals surface area contributed by atoms with Crippen molar-refractivity contribution in [3.8, 4) is 0 Å². The van der Waals surface area contributed by atoms with Crippen molar-refractivity contribution in [2.24, 2.45) is 0 Å². The van der Waals surface area contributed by atoms with Gasteiger partial charge in [0.05, 0.1) is 24.2 Å². The molecule has 2 aliphatic heterocycles. The molecule has 2 atom stereocenters. The molecular formula is C20H26FN5O6S2. The number of benzene rings is 1. The number of thiazole rings is 1. The van der Waals surface area contributed by atoms with E-state index in [4.69, 9.17) is 9.57 Å². The number of carbonyl (C=O) groups is 2. The van der Waals surface area contributed by atoms with Gasteiger partial charge in [0.1, 0.15) is 12.1 Å². The topological polar surface area (TPSA) is 136 Å². The molecule has 2 fully saturated rings. The summed E-state index contributed by atoms with van der Waals surface area (Å²) in [6.45, 7) is 1.56. The van der Waals surface area contributed by atoms with Gasteiger partial charge in [0.25, 0.3) is 0 Å². The number of hydroxylamine groups is 1. The van der Waals surface area contributed by atoms with Crippen molar-refractivity contribution in [3.63, 3.8) is 0 Å². The zero-order valence-electron chi connectivity index (χ0n) is 18.3. The van der Waals surface area contributed by atoms with Crippen molar-refractivity contribution in [1.82, 2.24) is 19.7 Å². The summed E-state index contributed by atoms with van der Waals surface area (Å²) in [4.78, 5) is 36.1. The van der Waals surface area contributed by atoms with Gasteiger partial charge in [-0.3, -0.25) is 23.5 Å². The van der Waals surface area contributed by atoms with Gasteiger partial charge >= 0.3 is 0 Å².